The van der Waals surface area contributed by atoms with Crippen molar-refractivity contribution in [1.29, 1.82) is 0 Å². The van der Waals surface area contributed by atoms with Crippen LogP contribution in [0.1, 0.15) is 23.0 Å². The van der Waals surface area contributed by atoms with Gasteiger partial charge in [-0.25, -0.2) is 9.37 Å². The van der Waals surface area contributed by atoms with Gasteiger partial charge in [0, 0.05) is 62.2 Å². The molecule has 3 heterocycles. The van der Waals surface area contributed by atoms with Gasteiger partial charge in [0.2, 0.25) is 0 Å². The highest BCUT2D eigenvalue weighted by Crippen LogP contribution is 2.31. The second kappa shape index (κ2) is 12.0. The van der Waals surface area contributed by atoms with Crippen LogP contribution in [-0.4, -0.2) is 62.8 Å². The minimum atomic E-state index is -0.403. The normalized spacial score (nSPS) is 13.8. The van der Waals surface area contributed by atoms with Gasteiger partial charge in [-0.3, -0.25) is 19.8 Å². The molecule has 1 fully saturated rings. The van der Waals surface area contributed by atoms with Gasteiger partial charge >= 0.3 is 0 Å². The number of carbonyl (C=O) groups excluding carboxylic acids is 1. The quantitative estimate of drug-likeness (QED) is 0.164. The van der Waals surface area contributed by atoms with Crippen molar-refractivity contribution in [1.82, 2.24) is 19.2 Å². The molecule has 10 heteroatoms. The molecule has 9 nitrogen and oxygen atoms in total. The van der Waals surface area contributed by atoms with Crippen molar-refractivity contribution in [2.75, 3.05) is 32.8 Å². The highest BCUT2D eigenvalue weighted by molar-refractivity contribution is 5.94. The molecular formula is C33H30FN5O4. The first-order valence-electron chi connectivity index (χ1n) is 14.2. The SMILES string of the molecule is CCOc1cccc(-c2ccc3nc(-c4cccc([N+](=O)[O-])c4)c(CN4CCN(C(=O)c5ccc(F)cc5)CC4)n3c2)c1. The fourth-order valence-electron chi connectivity index (χ4n) is 5.44. The lowest BCUT2D eigenvalue weighted by atomic mass is 10.1. The summed E-state index contributed by atoms with van der Waals surface area (Å²) in [4.78, 5) is 33.1. The van der Waals surface area contributed by atoms with Crippen LogP contribution >= 0.6 is 0 Å². The Morgan fingerprint density at radius 1 is 0.930 bits per heavy atom. The number of ether oxygens (including phenoxy) is 1. The Hall–Kier alpha value is -5.09. The molecular weight excluding hydrogens is 549 g/mol. The molecule has 1 amide bonds. The van der Waals surface area contributed by atoms with E-state index in [1.165, 1.54) is 30.3 Å². The Labute approximate surface area is 247 Å². The summed E-state index contributed by atoms with van der Waals surface area (Å²) in [6.45, 7) is 5.35. The monoisotopic (exact) mass is 579 g/mol. The van der Waals surface area contributed by atoms with E-state index in [1.807, 2.05) is 60.0 Å². The number of nitro benzene ring substituents is 1. The molecule has 2 aromatic heterocycles. The second-order valence-electron chi connectivity index (χ2n) is 10.4. The Balaban J connectivity index is 1.32. The van der Waals surface area contributed by atoms with Crippen molar-refractivity contribution in [2.45, 2.75) is 13.5 Å². The minimum Gasteiger partial charge on any atom is -0.494 e. The molecule has 0 spiro atoms. The van der Waals surface area contributed by atoms with E-state index in [2.05, 4.69) is 4.90 Å². The molecule has 5 aromatic rings. The molecule has 1 aliphatic rings. The molecule has 1 saturated heterocycles. The Bertz CT molecular complexity index is 1800. The van der Waals surface area contributed by atoms with Crippen LogP contribution in [0.5, 0.6) is 5.75 Å². The molecule has 0 aliphatic carbocycles. The number of halogens is 1. The van der Waals surface area contributed by atoms with Gasteiger partial charge in [0.25, 0.3) is 11.6 Å². The molecule has 0 bridgehead atoms. The van der Waals surface area contributed by atoms with Crippen LogP contribution in [0.4, 0.5) is 10.1 Å². The first-order chi connectivity index (χ1) is 20.9. The number of pyridine rings is 1. The zero-order chi connectivity index (χ0) is 29.9. The highest BCUT2D eigenvalue weighted by atomic mass is 19.1. The number of hydrogen-bond donors (Lipinski definition) is 0. The maximum Gasteiger partial charge on any atom is 0.270 e. The fourth-order valence-corrected chi connectivity index (χ4v) is 5.44. The number of nitrogens with zero attached hydrogens (tertiary/aromatic N) is 5. The van der Waals surface area contributed by atoms with E-state index < -0.39 is 4.92 Å². The summed E-state index contributed by atoms with van der Waals surface area (Å²) in [5.74, 6) is 0.293. The summed E-state index contributed by atoms with van der Waals surface area (Å²) < 4.78 is 21.1. The van der Waals surface area contributed by atoms with Gasteiger partial charge in [0.05, 0.1) is 22.9 Å². The molecule has 0 unspecified atom stereocenters. The molecule has 3 aromatic carbocycles. The predicted molar refractivity (Wildman–Crippen MR) is 161 cm³/mol. The largest absolute Gasteiger partial charge is 0.494 e. The third-order valence-corrected chi connectivity index (χ3v) is 7.65. The van der Waals surface area contributed by atoms with Gasteiger partial charge in [0.1, 0.15) is 17.2 Å². The smallest absolute Gasteiger partial charge is 0.270 e. The van der Waals surface area contributed by atoms with Crippen molar-refractivity contribution in [3.05, 3.63) is 118 Å². The van der Waals surface area contributed by atoms with Crippen molar-refractivity contribution in [3.63, 3.8) is 0 Å². The molecule has 6 rings (SSSR count). The number of rotatable bonds is 8. The van der Waals surface area contributed by atoms with Gasteiger partial charge in [-0.15, -0.1) is 0 Å². The lowest BCUT2D eigenvalue weighted by Crippen LogP contribution is -2.48. The molecule has 0 radical (unpaired) electrons. The molecule has 43 heavy (non-hydrogen) atoms. The summed E-state index contributed by atoms with van der Waals surface area (Å²) >= 11 is 0. The van der Waals surface area contributed by atoms with E-state index in [9.17, 15) is 19.3 Å². The number of nitro groups is 1. The van der Waals surface area contributed by atoms with Gasteiger partial charge in [-0.05, 0) is 66.6 Å². The number of fused-ring (bicyclic) bond motifs is 1. The van der Waals surface area contributed by atoms with E-state index in [0.29, 0.717) is 56.2 Å². The fraction of sp³-hybridized carbons (Fsp3) is 0.212. The molecule has 0 saturated carbocycles. The Morgan fingerprint density at radius 2 is 1.67 bits per heavy atom. The Kier molecular flexibility index (Phi) is 7.84. The number of piperazine rings is 1. The van der Waals surface area contributed by atoms with Crippen LogP contribution in [0.2, 0.25) is 0 Å². The summed E-state index contributed by atoms with van der Waals surface area (Å²) in [6, 6.07) is 24.0. The van der Waals surface area contributed by atoms with E-state index in [4.69, 9.17) is 9.72 Å². The van der Waals surface area contributed by atoms with Crippen LogP contribution < -0.4 is 4.74 Å². The average Bonchev–Trinajstić information content (AvgIpc) is 3.39. The first kappa shape index (κ1) is 28.0. The zero-order valence-electron chi connectivity index (χ0n) is 23.6. The topological polar surface area (TPSA) is 93.2 Å². The second-order valence-corrected chi connectivity index (χ2v) is 10.4. The van der Waals surface area contributed by atoms with Crippen molar-refractivity contribution in [3.8, 4) is 28.1 Å². The average molecular weight is 580 g/mol. The van der Waals surface area contributed by atoms with E-state index in [1.54, 1.807) is 17.0 Å². The van der Waals surface area contributed by atoms with Crippen LogP contribution in [-0.2, 0) is 6.54 Å². The van der Waals surface area contributed by atoms with E-state index in [-0.39, 0.29) is 17.4 Å². The zero-order valence-corrected chi connectivity index (χ0v) is 23.6. The number of aromatic nitrogens is 2. The molecule has 0 N–H and O–H groups in total. The summed E-state index contributed by atoms with van der Waals surface area (Å²) in [7, 11) is 0. The summed E-state index contributed by atoms with van der Waals surface area (Å²) in [5, 5.41) is 11.5. The highest BCUT2D eigenvalue weighted by Gasteiger charge is 2.25. The van der Waals surface area contributed by atoms with Gasteiger partial charge in [-0.2, -0.15) is 0 Å². The lowest BCUT2D eigenvalue weighted by molar-refractivity contribution is -0.384. The van der Waals surface area contributed by atoms with Crippen LogP contribution in [0.25, 0.3) is 28.0 Å². The minimum absolute atomic E-state index is 0.00172. The van der Waals surface area contributed by atoms with E-state index >= 15 is 0 Å². The van der Waals surface area contributed by atoms with Gasteiger partial charge < -0.3 is 14.0 Å². The van der Waals surface area contributed by atoms with Crippen LogP contribution in [0.3, 0.4) is 0 Å². The number of hydrogen-bond acceptors (Lipinski definition) is 6. The third-order valence-electron chi connectivity index (χ3n) is 7.65. The summed E-state index contributed by atoms with van der Waals surface area (Å²) in [6.07, 6.45) is 2.04. The first-order valence-corrected chi connectivity index (χ1v) is 14.2. The van der Waals surface area contributed by atoms with Gasteiger partial charge in [-0.1, -0.05) is 24.3 Å². The van der Waals surface area contributed by atoms with Crippen molar-refractivity contribution >= 4 is 17.2 Å². The van der Waals surface area contributed by atoms with Gasteiger partial charge in [0.15, 0.2) is 0 Å². The van der Waals surface area contributed by atoms with Crippen LogP contribution in [0.15, 0.2) is 91.1 Å². The standard InChI is InChI=1S/C33H30FN5O4/c1-2-43-29-8-4-5-24(20-29)26-11-14-31-35-32(25-6-3-7-28(19-25)39(41)42)30(38(31)21-26)22-36-15-17-37(18-16-36)33(40)23-9-12-27(34)13-10-23/h3-14,19-21H,2,15-18,22H2,1H3. The number of benzene rings is 3. The van der Waals surface area contributed by atoms with Crippen LogP contribution in [0, 0.1) is 15.9 Å². The Morgan fingerprint density at radius 3 is 2.42 bits per heavy atom. The number of non-ortho nitro benzene ring substituents is 1. The maximum atomic E-state index is 13.3. The predicted octanol–water partition coefficient (Wildman–Crippen LogP) is 6.07. The third kappa shape index (κ3) is 5.96. The van der Waals surface area contributed by atoms with E-state index in [0.717, 1.165) is 28.2 Å². The number of imidazole rings is 1. The molecule has 0 atom stereocenters. The van der Waals surface area contributed by atoms with Crippen molar-refractivity contribution in [2.24, 2.45) is 0 Å². The maximum absolute atomic E-state index is 13.3. The number of amides is 1. The number of carbonyl (C=O) groups is 1. The molecule has 218 valence electrons. The van der Waals surface area contributed by atoms with Crippen molar-refractivity contribution < 1.29 is 18.8 Å². The summed E-state index contributed by atoms with van der Waals surface area (Å²) in [5.41, 5.74) is 5.41. The molecule has 1 aliphatic heterocycles. The lowest BCUT2D eigenvalue weighted by Gasteiger charge is -2.34.